The van der Waals surface area contributed by atoms with Crippen LogP contribution in [0.15, 0.2) is 60.7 Å². The molecule has 0 unspecified atom stereocenters. The maximum absolute atomic E-state index is 13.4. The van der Waals surface area contributed by atoms with E-state index in [4.69, 9.17) is 0 Å². The average Bonchev–Trinajstić information content (AvgIpc) is 3.53. The van der Waals surface area contributed by atoms with Gasteiger partial charge in [0.05, 0.1) is 0 Å². The van der Waals surface area contributed by atoms with Gasteiger partial charge in [-0.3, -0.25) is 19.1 Å². The quantitative estimate of drug-likeness (QED) is 0.577. The summed E-state index contributed by atoms with van der Waals surface area (Å²) in [6, 6.07) is 16.7. The Balaban J connectivity index is 1.27. The molecule has 5 rings (SSSR count). The molecule has 1 atom stereocenters. The molecule has 1 aromatic heterocycles. The number of benzene rings is 2. The maximum atomic E-state index is 13.4. The molecule has 2 aliphatic rings. The van der Waals surface area contributed by atoms with E-state index in [0.717, 1.165) is 17.5 Å². The molecular formula is C27H28FN5O3. The Kier molecular flexibility index (Phi) is 6.79. The molecule has 1 N–H and O–H groups in total. The van der Waals surface area contributed by atoms with E-state index in [1.54, 1.807) is 27.8 Å². The number of rotatable bonds is 6. The van der Waals surface area contributed by atoms with Crippen molar-refractivity contribution in [1.82, 2.24) is 24.9 Å². The maximum Gasteiger partial charge on any atom is 0.275 e. The molecule has 0 radical (unpaired) electrons. The minimum atomic E-state index is -0.607. The standard InChI is InChI=1S/C27H28FN5O3/c28-21-11-9-19(10-12-21)17-29-25(34)23-8-4-14-32(23)26(35)22-16-24-27(36)31(13-5-15-33(24)30-22)18-20-6-2-1-3-7-20/h1-3,6-7,9-12,16,23H,4-5,8,13-15,17-18H2,(H,29,34)/t23-/m1/s1. The number of aryl methyl sites for hydroxylation is 1. The second-order valence-electron chi connectivity index (χ2n) is 9.20. The van der Waals surface area contributed by atoms with Crippen LogP contribution in [-0.2, 0) is 24.4 Å². The predicted molar refractivity (Wildman–Crippen MR) is 130 cm³/mol. The Labute approximate surface area is 208 Å². The molecule has 1 saturated heterocycles. The third kappa shape index (κ3) is 5.00. The molecule has 36 heavy (non-hydrogen) atoms. The first-order valence-electron chi connectivity index (χ1n) is 12.2. The predicted octanol–water partition coefficient (Wildman–Crippen LogP) is 2.99. The Morgan fingerprint density at radius 1 is 0.972 bits per heavy atom. The first-order valence-corrected chi connectivity index (χ1v) is 12.2. The number of aromatic nitrogens is 2. The van der Waals surface area contributed by atoms with E-state index in [-0.39, 0.29) is 35.8 Å². The Hall–Kier alpha value is -4.01. The molecular weight excluding hydrogens is 461 g/mol. The van der Waals surface area contributed by atoms with Crippen LogP contribution in [0.3, 0.4) is 0 Å². The number of nitrogens with one attached hydrogen (secondary N) is 1. The highest BCUT2D eigenvalue weighted by Gasteiger charge is 2.36. The highest BCUT2D eigenvalue weighted by Crippen LogP contribution is 2.22. The molecule has 3 aromatic rings. The highest BCUT2D eigenvalue weighted by molar-refractivity contribution is 6.00. The van der Waals surface area contributed by atoms with E-state index in [9.17, 15) is 18.8 Å². The van der Waals surface area contributed by atoms with Crippen LogP contribution < -0.4 is 5.32 Å². The summed E-state index contributed by atoms with van der Waals surface area (Å²) in [6.45, 7) is 2.35. The van der Waals surface area contributed by atoms with Crippen LogP contribution in [0, 0.1) is 5.82 Å². The highest BCUT2D eigenvalue weighted by atomic mass is 19.1. The summed E-state index contributed by atoms with van der Waals surface area (Å²) in [5.41, 5.74) is 2.39. The lowest BCUT2D eigenvalue weighted by Gasteiger charge is -2.23. The molecule has 3 amide bonds. The summed E-state index contributed by atoms with van der Waals surface area (Å²) in [4.78, 5) is 42.8. The number of carbonyl (C=O) groups excluding carboxylic acids is 3. The normalized spacial score (nSPS) is 17.6. The lowest BCUT2D eigenvalue weighted by atomic mass is 10.1. The van der Waals surface area contributed by atoms with Crippen LogP contribution in [0.5, 0.6) is 0 Å². The molecule has 2 aromatic carbocycles. The number of hydrogen-bond donors (Lipinski definition) is 1. The molecule has 9 heteroatoms. The number of likely N-dealkylation sites (tertiary alicyclic amines) is 1. The van der Waals surface area contributed by atoms with E-state index >= 15 is 0 Å². The number of fused-ring (bicyclic) bond motifs is 1. The zero-order chi connectivity index (χ0) is 25.1. The monoisotopic (exact) mass is 489 g/mol. The summed E-state index contributed by atoms with van der Waals surface area (Å²) in [5, 5.41) is 7.30. The number of carbonyl (C=O) groups is 3. The molecule has 0 aliphatic carbocycles. The topological polar surface area (TPSA) is 87.5 Å². The summed E-state index contributed by atoms with van der Waals surface area (Å²) < 4.78 is 14.7. The Morgan fingerprint density at radius 2 is 1.75 bits per heavy atom. The third-order valence-corrected chi connectivity index (χ3v) is 6.72. The fraction of sp³-hybridized carbons (Fsp3) is 0.333. The van der Waals surface area contributed by atoms with Crippen molar-refractivity contribution in [2.24, 2.45) is 0 Å². The van der Waals surface area contributed by atoms with Gasteiger partial charge in [-0.15, -0.1) is 0 Å². The lowest BCUT2D eigenvalue weighted by molar-refractivity contribution is -0.125. The third-order valence-electron chi connectivity index (χ3n) is 6.72. The zero-order valence-electron chi connectivity index (χ0n) is 19.9. The van der Waals surface area contributed by atoms with E-state index in [2.05, 4.69) is 10.4 Å². The number of amides is 3. The Bertz CT molecular complexity index is 1260. The van der Waals surface area contributed by atoms with E-state index in [1.807, 2.05) is 30.3 Å². The van der Waals surface area contributed by atoms with Crippen LogP contribution in [0.2, 0.25) is 0 Å². The van der Waals surface area contributed by atoms with Crippen LogP contribution >= 0.6 is 0 Å². The van der Waals surface area contributed by atoms with Gasteiger partial charge in [0.15, 0.2) is 5.69 Å². The van der Waals surface area contributed by atoms with E-state index in [1.165, 1.54) is 17.0 Å². The van der Waals surface area contributed by atoms with Crippen LogP contribution in [0.4, 0.5) is 4.39 Å². The fourth-order valence-corrected chi connectivity index (χ4v) is 4.83. The van der Waals surface area contributed by atoms with Gasteiger partial charge in [0, 0.05) is 38.8 Å². The van der Waals surface area contributed by atoms with Crippen molar-refractivity contribution in [3.63, 3.8) is 0 Å². The molecule has 3 heterocycles. The van der Waals surface area contributed by atoms with Crippen molar-refractivity contribution in [1.29, 1.82) is 0 Å². The molecule has 2 aliphatic heterocycles. The molecule has 1 fully saturated rings. The SMILES string of the molecule is O=C(NCc1ccc(F)cc1)[C@H]1CCCN1C(=O)c1cc2n(n1)CCCN(Cc1ccccc1)C2=O. The van der Waals surface area contributed by atoms with Crippen molar-refractivity contribution >= 4 is 17.7 Å². The van der Waals surface area contributed by atoms with Crippen molar-refractivity contribution in [3.8, 4) is 0 Å². The molecule has 0 bridgehead atoms. The minimum absolute atomic E-state index is 0.155. The Morgan fingerprint density at radius 3 is 2.53 bits per heavy atom. The van der Waals surface area contributed by atoms with E-state index in [0.29, 0.717) is 44.7 Å². The van der Waals surface area contributed by atoms with Crippen LogP contribution in [0.25, 0.3) is 0 Å². The summed E-state index contributed by atoms with van der Waals surface area (Å²) in [6.07, 6.45) is 2.00. The number of hydrogen-bond acceptors (Lipinski definition) is 4. The molecule has 8 nitrogen and oxygen atoms in total. The number of halogens is 1. The van der Waals surface area contributed by atoms with Gasteiger partial charge in [0.1, 0.15) is 17.6 Å². The van der Waals surface area contributed by atoms with Crippen molar-refractivity contribution in [2.45, 2.75) is 44.9 Å². The summed E-state index contributed by atoms with van der Waals surface area (Å²) in [5.74, 6) is -1.09. The first kappa shape index (κ1) is 23.7. The van der Waals surface area contributed by atoms with Crippen molar-refractivity contribution in [2.75, 3.05) is 13.1 Å². The van der Waals surface area contributed by atoms with Gasteiger partial charge in [-0.1, -0.05) is 42.5 Å². The van der Waals surface area contributed by atoms with Crippen LogP contribution in [0.1, 0.15) is 51.4 Å². The summed E-state index contributed by atoms with van der Waals surface area (Å²) in [7, 11) is 0. The van der Waals surface area contributed by atoms with Gasteiger partial charge in [-0.25, -0.2) is 4.39 Å². The van der Waals surface area contributed by atoms with Gasteiger partial charge in [0.25, 0.3) is 11.8 Å². The lowest BCUT2D eigenvalue weighted by Crippen LogP contribution is -2.45. The average molecular weight is 490 g/mol. The van der Waals surface area contributed by atoms with E-state index < -0.39 is 6.04 Å². The van der Waals surface area contributed by atoms with Crippen LogP contribution in [-0.4, -0.2) is 56.4 Å². The zero-order valence-corrected chi connectivity index (χ0v) is 19.9. The summed E-state index contributed by atoms with van der Waals surface area (Å²) >= 11 is 0. The van der Waals surface area contributed by atoms with Gasteiger partial charge in [-0.05, 0) is 42.5 Å². The van der Waals surface area contributed by atoms with Gasteiger partial charge in [-0.2, -0.15) is 5.10 Å². The van der Waals surface area contributed by atoms with Gasteiger partial charge in [0.2, 0.25) is 5.91 Å². The second-order valence-corrected chi connectivity index (χ2v) is 9.20. The first-order chi connectivity index (χ1) is 17.5. The molecule has 186 valence electrons. The van der Waals surface area contributed by atoms with Gasteiger partial charge >= 0.3 is 0 Å². The van der Waals surface area contributed by atoms with Crippen molar-refractivity contribution < 1.29 is 18.8 Å². The van der Waals surface area contributed by atoms with Gasteiger partial charge < -0.3 is 15.1 Å². The molecule has 0 spiro atoms. The second kappa shape index (κ2) is 10.3. The largest absolute Gasteiger partial charge is 0.350 e. The minimum Gasteiger partial charge on any atom is -0.350 e. The number of nitrogens with zero attached hydrogens (tertiary/aromatic N) is 4. The fourth-order valence-electron chi connectivity index (χ4n) is 4.83. The molecule has 0 saturated carbocycles. The van der Waals surface area contributed by atoms with Crippen molar-refractivity contribution in [3.05, 3.63) is 89.0 Å². The smallest absolute Gasteiger partial charge is 0.275 e.